The van der Waals surface area contributed by atoms with Crippen LogP contribution in [0.25, 0.3) is 11.3 Å². The topological polar surface area (TPSA) is 56.9 Å². The quantitative estimate of drug-likeness (QED) is 0.858. The van der Waals surface area contributed by atoms with Gasteiger partial charge >= 0.3 is 0 Å². The van der Waals surface area contributed by atoms with Crippen LogP contribution in [0.1, 0.15) is 17.3 Å². The molecule has 0 amide bonds. The summed E-state index contributed by atoms with van der Waals surface area (Å²) in [6, 6.07) is 11.5. The number of rotatable bonds is 5. The van der Waals surface area contributed by atoms with Crippen molar-refractivity contribution in [2.24, 2.45) is 0 Å². The Kier molecular flexibility index (Phi) is 4.79. The molecule has 2 heterocycles. The molecule has 0 aliphatic carbocycles. The highest BCUT2D eigenvalue weighted by atomic mass is 16.4. The minimum Gasteiger partial charge on any atom is -0.441 e. The van der Waals surface area contributed by atoms with E-state index in [1.54, 1.807) is 6.92 Å². The van der Waals surface area contributed by atoms with Crippen molar-refractivity contribution in [3.8, 4) is 11.3 Å². The molecule has 0 atom stereocenters. The Hall–Kier alpha value is -2.11. The summed E-state index contributed by atoms with van der Waals surface area (Å²) in [6.45, 7) is 6.18. The van der Waals surface area contributed by atoms with Crippen molar-refractivity contribution in [3.63, 3.8) is 0 Å². The molecule has 23 heavy (non-hydrogen) atoms. The second kappa shape index (κ2) is 6.98. The number of hydrogen-bond acceptors (Lipinski definition) is 5. The predicted octanol–water partition coefficient (Wildman–Crippen LogP) is 2.26. The third kappa shape index (κ3) is 3.63. The minimum absolute atomic E-state index is 0.0671. The van der Waals surface area contributed by atoms with Crippen molar-refractivity contribution in [1.82, 2.24) is 4.90 Å². The van der Waals surface area contributed by atoms with Crippen LogP contribution < -0.4 is 4.90 Å². The number of aliphatic hydroxyl groups is 1. The van der Waals surface area contributed by atoms with Crippen molar-refractivity contribution < 1.29 is 14.3 Å². The zero-order valence-electron chi connectivity index (χ0n) is 13.4. The van der Waals surface area contributed by atoms with Gasteiger partial charge in [-0.15, -0.1) is 0 Å². The molecule has 0 bridgehead atoms. The Morgan fingerprint density at radius 1 is 1.09 bits per heavy atom. The Balaban J connectivity index is 1.67. The van der Waals surface area contributed by atoms with Crippen LogP contribution in [0.15, 0.2) is 40.8 Å². The summed E-state index contributed by atoms with van der Waals surface area (Å²) in [5.74, 6) is 1.75. The van der Waals surface area contributed by atoms with Crippen LogP contribution in [0.2, 0.25) is 0 Å². The molecule has 0 saturated carbocycles. The summed E-state index contributed by atoms with van der Waals surface area (Å²) in [5.41, 5.74) is 1.68. The molecule has 1 N–H and O–H groups in total. The molecule has 0 radical (unpaired) electrons. The van der Waals surface area contributed by atoms with Gasteiger partial charge in [-0.25, -0.2) is 0 Å². The molecule has 1 saturated heterocycles. The third-order valence-electron chi connectivity index (χ3n) is 4.27. The summed E-state index contributed by atoms with van der Waals surface area (Å²) in [4.78, 5) is 15.8. The number of carbonyl (C=O) groups is 1. The average molecular weight is 314 g/mol. The minimum atomic E-state index is 0.0671. The highest BCUT2D eigenvalue weighted by molar-refractivity contribution is 5.94. The van der Waals surface area contributed by atoms with Gasteiger partial charge in [-0.2, -0.15) is 0 Å². The van der Waals surface area contributed by atoms with Crippen LogP contribution in [0.3, 0.4) is 0 Å². The second-order valence-electron chi connectivity index (χ2n) is 5.82. The maximum atomic E-state index is 11.3. The van der Waals surface area contributed by atoms with Crippen molar-refractivity contribution in [1.29, 1.82) is 0 Å². The van der Waals surface area contributed by atoms with Gasteiger partial charge in [0.2, 0.25) is 0 Å². The predicted molar refractivity (Wildman–Crippen MR) is 89.9 cm³/mol. The van der Waals surface area contributed by atoms with Crippen LogP contribution in [-0.4, -0.2) is 55.1 Å². The van der Waals surface area contributed by atoms with Crippen molar-refractivity contribution >= 4 is 11.7 Å². The molecule has 0 unspecified atom stereocenters. The van der Waals surface area contributed by atoms with Crippen molar-refractivity contribution in [2.75, 3.05) is 44.2 Å². The first kappa shape index (κ1) is 15.8. The van der Waals surface area contributed by atoms with Gasteiger partial charge in [-0.1, -0.05) is 24.3 Å². The van der Waals surface area contributed by atoms with Gasteiger partial charge in [0.25, 0.3) is 0 Å². The van der Waals surface area contributed by atoms with Crippen molar-refractivity contribution in [3.05, 3.63) is 42.0 Å². The van der Waals surface area contributed by atoms with Crippen LogP contribution in [0.5, 0.6) is 0 Å². The maximum absolute atomic E-state index is 11.3. The number of carbonyl (C=O) groups excluding carboxylic acids is 1. The fourth-order valence-corrected chi connectivity index (χ4v) is 2.86. The second-order valence-corrected chi connectivity index (χ2v) is 5.82. The van der Waals surface area contributed by atoms with Gasteiger partial charge in [0.05, 0.1) is 6.61 Å². The number of aliphatic hydroxyl groups excluding tert-OH is 1. The van der Waals surface area contributed by atoms with Crippen LogP contribution >= 0.6 is 0 Å². The summed E-state index contributed by atoms with van der Waals surface area (Å²) in [6.07, 6.45) is 0. The van der Waals surface area contributed by atoms with E-state index in [0.29, 0.717) is 5.56 Å². The lowest BCUT2D eigenvalue weighted by Crippen LogP contribution is -2.47. The molecule has 2 aromatic rings. The number of benzene rings is 1. The molecule has 1 aliphatic heterocycles. The summed E-state index contributed by atoms with van der Waals surface area (Å²) >= 11 is 0. The Morgan fingerprint density at radius 3 is 2.39 bits per heavy atom. The largest absolute Gasteiger partial charge is 0.441 e. The fourth-order valence-electron chi connectivity index (χ4n) is 2.86. The van der Waals surface area contributed by atoms with Gasteiger partial charge in [-0.3, -0.25) is 9.69 Å². The van der Waals surface area contributed by atoms with E-state index < -0.39 is 0 Å². The molecule has 122 valence electrons. The van der Waals surface area contributed by atoms with Gasteiger partial charge in [-0.05, 0) is 13.0 Å². The molecule has 1 aliphatic rings. The van der Waals surface area contributed by atoms with E-state index >= 15 is 0 Å². The number of piperazine rings is 1. The zero-order chi connectivity index (χ0) is 16.2. The summed E-state index contributed by atoms with van der Waals surface area (Å²) in [5, 5.41) is 8.99. The van der Waals surface area contributed by atoms with E-state index in [9.17, 15) is 4.79 Å². The Morgan fingerprint density at radius 2 is 1.78 bits per heavy atom. The number of β-amino-alcohol motifs (C(OH)–C–C–N with tert-alkyl or cyclic N) is 1. The molecule has 5 heteroatoms. The van der Waals surface area contributed by atoms with E-state index in [-0.39, 0.29) is 12.4 Å². The molecule has 0 spiro atoms. The van der Waals surface area contributed by atoms with Crippen LogP contribution in [-0.2, 0) is 0 Å². The first-order valence-corrected chi connectivity index (χ1v) is 7.97. The number of nitrogens with zero attached hydrogens (tertiary/aromatic N) is 2. The molecule has 3 rings (SSSR count). The van der Waals surface area contributed by atoms with E-state index in [4.69, 9.17) is 9.52 Å². The van der Waals surface area contributed by atoms with Gasteiger partial charge in [0, 0.05) is 49.9 Å². The smallest absolute Gasteiger partial charge is 0.196 e. The third-order valence-corrected chi connectivity index (χ3v) is 4.27. The Bertz CT molecular complexity index is 655. The van der Waals surface area contributed by atoms with Crippen LogP contribution in [0.4, 0.5) is 5.88 Å². The number of hydrogen-bond donors (Lipinski definition) is 1. The normalized spacial score (nSPS) is 15.8. The first-order valence-electron chi connectivity index (χ1n) is 7.97. The highest BCUT2D eigenvalue weighted by Crippen LogP contribution is 2.28. The summed E-state index contributed by atoms with van der Waals surface area (Å²) in [7, 11) is 0. The first-order chi connectivity index (χ1) is 11.2. The lowest BCUT2D eigenvalue weighted by Gasteiger charge is -2.34. The number of ketones is 1. The van der Waals surface area contributed by atoms with Gasteiger partial charge < -0.3 is 14.4 Å². The lowest BCUT2D eigenvalue weighted by atomic mass is 10.1. The van der Waals surface area contributed by atoms with E-state index in [1.807, 2.05) is 36.4 Å². The van der Waals surface area contributed by atoms with Gasteiger partial charge in [0.1, 0.15) is 5.76 Å². The standard InChI is InChI=1S/C18H22N2O3/c1-14(22)15-2-4-16(5-3-15)17-6-7-18(23-17)20-10-8-19(9-11-20)12-13-21/h2-7,21H,8-13H2,1H3. The summed E-state index contributed by atoms with van der Waals surface area (Å²) < 4.78 is 5.98. The maximum Gasteiger partial charge on any atom is 0.196 e. The number of furan rings is 1. The van der Waals surface area contributed by atoms with E-state index in [0.717, 1.165) is 49.9 Å². The molecule has 1 aromatic carbocycles. The van der Waals surface area contributed by atoms with Crippen molar-refractivity contribution in [2.45, 2.75) is 6.92 Å². The van der Waals surface area contributed by atoms with Gasteiger partial charge in [0.15, 0.2) is 11.7 Å². The average Bonchev–Trinajstić information content (AvgIpc) is 3.06. The SMILES string of the molecule is CC(=O)c1ccc(-c2ccc(N3CCN(CCO)CC3)o2)cc1. The molecule has 1 fully saturated rings. The Labute approximate surface area is 136 Å². The lowest BCUT2D eigenvalue weighted by molar-refractivity contribution is 0.101. The zero-order valence-corrected chi connectivity index (χ0v) is 13.4. The molecule has 5 nitrogen and oxygen atoms in total. The molecule has 1 aromatic heterocycles. The molecular weight excluding hydrogens is 292 g/mol. The highest BCUT2D eigenvalue weighted by Gasteiger charge is 2.19. The molecular formula is C18H22N2O3. The monoisotopic (exact) mass is 314 g/mol. The fraction of sp³-hybridized carbons (Fsp3) is 0.389. The van der Waals surface area contributed by atoms with E-state index in [2.05, 4.69) is 9.80 Å². The van der Waals surface area contributed by atoms with Crippen LogP contribution in [0, 0.1) is 0 Å². The number of Topliss-reactive ketones (excluding diaryl/α,β-unsaturated/α-hetero) is 1. The van der Waals surface area contributed by atoms with E-state index in [1.165, 1.54) is 0 Å². The number of anilines is 1.